The van der Waals surface area contributed by atoms with E-state index in [1.165, 1.54) is 51.7 Å². The van der Waals surface area contributed by atoms with E-state index in [0.717, 1.165) is 11.8 Å². The first kappa shape index (κ1) is 17.2. The van der Waals surface area contributed by atoms with E-state index in [-0.39, 0.29) is 0 Å². The van der Waals surface area contributed by atoms with Gasteiger partial charge in [-0.05, 0) is 56.4 Å². The fourth-order valence-electron chi connectivity index (χ4n) is 4.29. The molecule has 0 bridgehead atoms. The molecule has 3 heteroatoms. The van der Waals surface area contributed by atoms with Gasteiger partial charge in [0, 0.05) is 32.8 Å². The largest absolute Gasteiger partial charge is 0.381 e. The summed E-state index contributed by atoms with van der Waals surface area (Å²) in [6.45, 7) is 10.9. The van der Waals surface area contributed by atoms with Crippen LogP contribution in [0.5, 0.6) is 0 Å². The second-order valence-electron chi connectivity index (χ2n) is 8.27. The second-order valence-corrected chi connectivity index (χ2v) is 8.27. The van der Waals surface area contributed by atoms with Gasteiger partial charge in [-0.1, -0.05) is 20.8 Å². The normalized spacial score (nSPS) is 33.3. The number of hydrogen-bond donors (Lipinski definition) is 1. The molecular formula is C18H36N2O. The summed E-state index contributed by atoms with van der Waals surface area (Å²) in [5.74, 6) is 1.69. The van der Waals surface area contributed by atoms with Crippen LogP contribution < -0.4 is 5.32 Å². The molecule has 3 unspecified atom stereocenters. The lowest BCUT2D eigenvalue weighted by Crippen LogP contribution is -2.48. The third kappa shape index (κ3) is 4.67. The van der Waals surface area contributed by atoms with Crippen molar-refractivity contribution in [1.29, 1.82) is 0 Å². The van der Waals surface area contributed by atoms with Crippen molar-refractivity contribution in [3.63, 3.8) is 0 Å². The maximum absolute atomic E-state index is 5.49. The molecule has 1 saturated carbocycles. The first-order valence-corrected chi connectivity index (χ1v) is 8.86. The van der Waals surface area contributed by atoms with Crippen molar-refractivity contribution in [2.45, 2.75) is 65.0 Å². The molecule has 1 N–H and O–H groups in total. The van der Waals surface area contributed by atoms with Gasteiger partial charge in [-0.2, -0.15) is 0 Å². The molecule has 2 rings (SSSR count). The quantitative estimate of drug-likeness (QED) is 0.862. The number of methoxy groups -OCH3 is 1. The Morgan fingerprint density at radius 3 is 2.29 bits per heavy atom. The molecule has 0 spiro atoms. The van der Waals surface area contributed by atoms with Crippen LogP contribution in [0.25, 0.3) is 0 Å². The van der Waals surface area contributed by atoms with Crippen molar-refractivity contribution in [2.75, 3.05) is 33.8 Å². The number of nitrogens with zero attached hydrogens (tertiary/aromatic N) is 1. The Kier molecular flexibility index (Phi) is 6.10. The molecule has 1 aliphatic carbocycles. The molecular weight excluding hydrogens is 260 g/mol. The maximum Gasteiger partial charge on any atom is 0.0595 e. The standard InChI is InChI=1S/C18H36N2O/c1-18(2,3)15-6-7-17(19-4)14(12-15)13-20-10-8-16(21-5)9-11-20/h14-17,19H,6-13H2,1-5H3. The molecule has 3 nitrogen and oxygen atoms in total. The summed E-state index contributed by atoms with van der Waals surface area (Å²) >= 11 is 0. The van der Waals surface area contributed by atoms with Crippen LogP contribution in [-0.2, 0) is 4.74 Å². The van der Waals surface area contributed by atoms with E-state index < -0.39 is 0 Å². The molecule has 2 fully saturated rings. The van der Waals surface area contributed by atoms with Crippen LogP contribution in [0.4, 0.5) is 0 Å². The molecule has 124 valence electrons. The minimum atomic E-state index is 0.458. The van der Waals surface area contributed by atoms with Crippen LogP contribution in [0.2, 0.25) is 0 Å². The molecule has 0 radical (unpaired) electrons. The van der Waals surface area contributed by atoms with Crippen molar-refractivity contribution < 1.29 is 4.74 Å². The first-order chi connectivity index (χ1) is 9.94. The Labute approximate surface area is 131 Å². The zero-order chi connectivity index (χ0) is 15.5. The van der Waals surface area contributed by atoms with E-state index in [1.807, 2.05) is 7.11 Å². The molecule has 1 saturated heterocycles. The van der Waals surface area contributed by atoms with Gasteiger partial charge in [0.1, 0.15) is 0 Å². The lowest BCUT2D eigenvalue weighted by Gasteiger charge is -2.44. The zero-order valence-electron chi connectivity index (χ0n) is 14.8. The topological polar surface area (TPSA) is 24.5 Å². The van der Waals surface area contributed by atoms with Gasteiger partial charge >= 0.3 is 0 Å². The summed E-state index contributed by atoms with van der Waals surface area (Å²) in [7, 11) is 4.00. The van der Waals surface area contributed by atoms with Crippen LogP contribution in [0.15, 0.2) is 0 Å². The van der Waals surface area contributed by atoms with Gasteiger partial charge in [-0.3, -0.25) is 0 Å². The highest BCUT2D eigenvalue weighted by atomic mass is 16.5. The summed E-state index contributed by atoms with van der Waals surface area (Å²) < 4.78 is 5.49. The Morgan fingerprint density at radius 2 is 1.76 bits per heavy atom. The van der Waals surface area contributed by atoms with Gasteiger partial charge in [0.15, 0.2) is 0 Å². The minimum Gasteiger partial charge on any atom is -0.381 e. The third-order valence-electron chi connectivity index (χ3n) is 5.94. The molecule has 0 aromatic carbocycles. The molecule has 0 aromatic rings. The zero-order valence-corrected chi connectivity index (χ0v) is 14.8. The molecule has 0 aromatic heterocycles. The highest BCUT2D eigenvalue weighted by Gasteiger charge is 2.36. The Bertz CT molecular complexity index is 305. The highest BCUT2D eigenvalue weighted by molar-refractivity contribution is 4.90. The van der Waals surface area contributed by atoms with Crippen molar-refractivity contribution in [3.05, 3.63) is 0 Å². The summed E-state index contributed by atoms with van der Waals surface area (Å²) in [5.41, 5.74) is 0.458. The van der Waals surface area contributed by atoms with E-state index in [0.29, 0.717) is 17.6 Å². The summed E-state index contributed by atoms with van der Waals surface area (Å²) in [6, 6.07) is 0.712. The molecule has 1 heterocycles. The van der Waals surface area contributed by atoms with Crippen LogP contribution in [0, 0.1) is 17.3 Å². The van der Waals surface area contributed by atoms with Crippen molar-refractivity contribution in [3.8, 4) is 0 Å². The van der Waals surface area contributed by atoms with E-state index >= 15 is 0 Å². The smallest absolute Gasteiger partial charge is 0.0595 e. The monoisotopic (exact) mass is 296 g/mol. The lowest BCUT2D eigenvalue weighted by molar-refractivity contribution is 0.0253. The van der Waals surface area contributed by atoms with Gasteiger partial charge < -0.3 is 15.0 Å². The number of piperidine rings is 1. The average Bonchev–Trinajstić information content (AvgIpc) is 2.47. The summed E-state index contributed by atoms with van der Waals surface area (Å²) in [6.07, 6.45) is 7.02. The van der Waals surface area contributed by atoms with Gasteiger partial charge in [-0.15, -0.1) is 0 Å². The summed E-state index contributed by atoms with van der Waals surface area (Å²) in [5, 5.41) is 3.58. The Hall–Kier alpha value is -0.120. The van der Waals surface area contributed by atoms with Crippen molar-refractivity contribution in [2.24, 2.45) is 17.3 Å². The van der Waals surface area contributed by atoms with Gasteiger partial charge in [0.05, 0.1) is 6.10 Å². The van der Waals surface area contributed by atoms with E-state index in [1.54, 1.807) is 0 Å². The average molecular weight is 296 g/mol. The third-order valence-corrected chi connectivity index (χ3v) is 5.94. The van der Waals surface area contributed by atoms with Crippen molar-refractivity contribution >= 4 is 0 Å². The number of hydrogen-bond acceptors (Lipinski definition) is 3. The van der Waals surface area contributed by atoms with Crippen LogP contribution in [0.1, 0.15) is 52.9 Å². The number of ether oxygens (including phenoxy) is 1. The predicted molar refractivity (Wildman–Crippen MR) is 89.6 cm³/mol. The van der Waals surface area contributed by atoms with Crippen LogP contribution in [0.3, 0.4) is 0 Å². The lowest BCUT2D eigenvalue weighted by atomic mass is 9.67. The second kappa shape index (κ2) is 7.43. The van der Waals surface area contributed by atoms with Gasteiger partial charge in [0.2, 0.25) is 0 Å². The van der Waals surface area contributed by atoms with Gasteiger partial charge in [-0.25, -0.2) is 0 Å². The number of nitrogens with one attached hydrogen (secondary N) is 1. The molecule has 3 atom stereocenters. The van der Waals surface area contributed by atoms with E-state index in [9.17, 15) is 0 Å². The number of likely N-dealkylation sites (tertiary alicyclic amines) is 1. The van der Waals surface area contributed by atoms with E-state index in [2.05, 4.69) is 38.0 Å². The van der Waals surface area contributed by atoms with E-state index in [4.69, 9.17) is 4.74 Å². The molecule has 2 aliphatic rings. The van der Waals surface area contributed by atoms with Crippen molar-refractivity contribution in [1.82, 2.24) is 10.2 Å². The van der Waals surface area contributed by atoms with Crippen LogP contribution >= 0.6 is 0 Å². The SMILES string of the molecule is CNC1CCC(C(C)(C)C)CC1CN1CCC(OC)CC1. The molecule has 21 heavy (non-hydrogen) atoms. The summed E-state index contributed by atoms with van der Waals surface area (Å²) in [4.78, 5) is 2.68. The highest BCUT2D eigenvalue weighted by Crippen LogP contribution is 2.40. The minimum absolute atomic E-state index is 0.458. The number of rotatable bonds is 4. The fraction of sp³-hybridized carbons (Fsp3) is 1.00. The first-order valence-electron chi connectivity index (χ1n) is 8.86. The Morgan fingerprint density at radius 1 is 1.10 bits per heavy atom. The predicted octanol–water partition coefficient (Wildman–Crippen LogP) is 3.15. The molecule has 0 amide bonds. The van der Waals surface area contributed by atoms with Gasteiger partial charge in [0.25, 0.3) is 0 Å². The fourth-order valence-corrected chi connectivity index (χ4v) is 4.29. The Balaban J connectivity index is 1.89. The maximum atomic E-state index is 5.49. The van der Waals surface area contributed by atoms with Crippen LogP contribution in [-0.4, -0.2) is 50.8 Å². The molecule has 1 aliphatic heterocycles.